The number of amides is 1. The van der Waals surface area contributed by atoms with Gasteiger partial charge < -0.3 is 15.3 Å². The van der Waals surface area contributed by atoms with Gasteiger partial charge in [-0.3, -0.25) is 4.98 Å². The fourth-order valence-electron chi connectivity index (χ4n) is 3.94. The Morgan fingerprint density at radius 2 is 1.81 bits per heavy atom. The van der Waals surface area contributed by atoms with E-state index in [1.54, 1.807) is 7.05 Å². The van der Waals surface area contributed by atoms with Crippen LogP contribution in [0.15, 0.2) is 42.7 Å². The van der Waals surface area contributed by atoms with Crippen LogP contribution in [0.4, 0.5) is 4.79 Å². The molecule has 0 atom stereocenters. The van der Waals surface area contributed by atoms with Gasteiger partial charge in [-0.25, -0.2) is 4.79 Å². The second-order valence-corrected chi connectivity index (χ2v) is 7.35. The molecular formula is C22H29N3O2. The van der Waals surface area contributed by atoms with E-state index in [4.69, 9.17) is 5.11 Å². The van der Waals surface area contributed by atoms with Gasteiger partial charge in [-0.1, -0.05) is 19.1 Å². The van der Waals surface area contributed by atoms with Gasteiger partial charge >= 0.3 is 6.09 Å². The lowest BCUT2D eigenvalue weighted by molar-refractivity contribution is 0.122. The molecule has 27 heavy (non-hydrogen) atoms. The summed E-state index contributed by atoms with van der Waals surface area (Å²) in [6.45, 7) is 3.05. The van der Waals surface area contributed by atoms with Gasteiger partial charge in [0.15, 0.2) is 0 Å². The van der Waals surface area contributed by atoms with Crippen molar-refractivity contribution in [2.45, 2.75) is 57.7 Å². The molecular weight excluding hydrogens is 338 g/mol. The van der Waals surface area contributed by atoms with E-state index in [1.165, 1.54) is 27.2 Å². The van der Waals surface area contributed by atoms with E-state index < -0.39 is 6.09 Å². The minimum absolute atomic E-state index is 0.154. The van der Waals surface area contributed by atoms with Crippen LogP contribution in [0.1, 0.15) is 43.7 Å². The highest BCUT2D eigenvalue weighted by Crippen LogP contribution is 2.25. The molecule has 2 aromatic rings. The fourth-order valence-corrected chi connectivity index (χ4v) is 3.94. The number of aromatic nitrogens is 1. The first-order chi connectivity index (χ1) is 13.1. The Morgan fingerprint density at radius 1 is 1.11 bits per heavy atom. The zero-order valence-corrected chi connectivity index (χ0v) is 16.2. The summed E-state index contributed by atoms with van der Waals surface area (Å²) in [6.07, 6.45) is 7.75. The van der Waals surface area contributed by atoms with E-state index >= 15 is 0 Å². The molecule has 2 N–H and O–H groups in total. The van der Waals surface area contributed by atoms with Gasteiger partial charge in [-0.15, -0.1) is 0 Å². The summed E-state index contributed by atoms with van der Waals surface area (Å²) in [5.74, 6) is 0. The normalized spacial score (nSPS) is 19.6. The van der Waals surface area contributed by atoms with Gasteiger partial charge in [0.2, 0.25) is 0 Å². The summed E-state index contributed by atoms with van der Waals surface area (Å²) >= 11 is 0. The number of pyridine rings is 1. The highest BCUT2D eigenvalue weighted by atomic mass is 16.4. The summed E-state index contributed by atoms with van der Waals surface area (Å²) in [5, 5.41) is 12.8. The maximum Gasteiger partial charge on any atom is 0.407 e. The Balaban J connectivity index is 1.62. The second-order valence-electron chi connectivity index (χ2n) is 7.35. The predicted octanol–water partition coefficient (Wildman–Crippen LogP) is 4.32. The molecule has 0 aliphatic heterocycles. The highest BCUT2D eigenvalue weighted by molar-refractivity contribution is 5.65. The van der Waals surface area contributed by atoms with Crippen molar-refractivity contribution in [3.63, 3.8) is 0 Å². The van der Waals surface area contributed by atoms with Crippen LogP contribution in [0, 0.1) is 0 Å². The Labute approximate surface area is 161 Å². The van der Waals surface area contributed by atoms with Gasteiger partial charge in [0.25, 0.3) is 0 Å². The van der Waals surface area contributed by atoms with Crippen molar-refractivity contribution in [1.29, 1.82) is 0 Å². The van der Waals surface area contributed by atoms with Crippen LogP contribution < -0.4 is 5.32 Å². The van der Waals surface area contributed by atoms with E-state index in [1.807, 2.05) is 24.5 Å². The topological polar surface area (TPSA) is 65.5 Å². The molecule has 1 amide bonds. The van der Waals surface area contributed by atoms with Gasteiger partial charge in [0.1, 0.15) is 0 Å². The van der Waals surface area contributed by atoms with Crippen LogP contribution >= 0.6 is 0 Å². The lowest BCUT2D eigenvalue weighted by Gasteiger charge is -2.33. The van der Waals surface area contributed by atoms with Gasteiger partial charge in [-0.2, -0.15) is 0 Å². The largest absolute Gasteiger partial charge is 0.465 e. The first-order valence-corrected chi connectivity index (χ1v) is 9.79. The monoisotopic (exact) mass is 367 g/mol. The molecule has 5 heteroatoms. The van der Waals surface area contributed by atoms with Crippen molar-refractivity contribution in [3.8, 4) is 11.1 Å². The standard InChI is InChI=1S/C22H29N3O2/c1-3-16-4-5-18(17-10-12-23-13-11-17)14-19(16)15-24-20-6-8-21(9-7-20)25(2)22(26)27/h4-5,10-14,20-21,24H,3,6-9,15H2,1-2H3,(H,26,27). The maximum atomic E-state index is 11.1. The Morgan fingerprint density at radius 3 is 2.44 bits per heavy atom. The van der Waals surface area contributed by atoms with Crippen LogP contribution in [-0.2, 0) is 13.0 Å². The van der Waals surface area contributed by atoms with E-state index in [0.717, 1.165) is 38.6 Å². The molecule has 0 saturated heterocycles. The summed E-state index contributed by atoms with van der Waals surface area (Å²) in [4.78, 5) is 16.7. The van der Waals surface area contributed by atoms with Crippen molar-refractivity contribution < 1.29 is 9.90 Å². The number of carboxylic acid groups (broad SMARTS) is 1. The van der Waals surface area contributed by atoms with Gasteiger partial charge in [0.05, 0.1) is 0 Å². The number of aryl methyl sites for hydroxylation is 1. The van der Waals surface area contributed by atoms with Crippen molar-refractivity contribution >= 4 is 6.09 Å². The van der Waals surface area contributed by atoms with Gasteiger partial charge in [-0.05, 0) is 72.6 Å². The first kappa shape index (κ1) is 19.4. The Kier molecular flexibility index (Phi) is 6.45. The molecule has 1 aromatic heterocycles. The highest BCUT2D eigenvalue weighted by Gasteiger charge is 2.26. The molecule has 1 aromatic carbocycles. The summed E-state index contributed by atoms with van der Waals surface area (Å²) in [7, 11) is 1.68. The molecule has 0 radical (unpaired) electrons. The van der Waals surface area contributed by atoms with Crippen molar-refractivity contribution in [1.82, 2.24) is 15.2 Å². The number of rotatable bonds is 6. The minimum atomic E-state index is -0.827. The van der Waals surface area contributed by atoms with Crippen molar-refractivity contribution in [2.24, 2.45) is 0 Å². The number of hydrogen-bond acceptors (Lipinski definition) is 3. The molecule has 0 unspecified atom stereocenters. The lowest BCUT2D eigenvalue weighted by atomic mass is 9.90. The van der Waals surface area contributed by atoms with Crippen LogP contribution in [0.25, 0.3) is 11.1 Å². The minimum Gasteiger partial charge on any atom is -0.465 e. The van der Waals surface area contributed by atoms with Crippen molar-refractivity contribution in [2.75, 3.05) is 7.05 Å². The Bertz CT molecular complexity index is 755. The van der Waals surface area contributed by atoms with E-state index in [2.05, 4.69) is 35.4 Å². The molecule has 0 bridgehead atoms. The number of carbonyl (C=O) groups is 1. The molecule has 1 aliphatic carbocycles. The van der Waals surface area contributed by atoms with E-state index in [9.17, 15) is 4.79 Å². The molecule has 3 rings (SSSR count). The third kappa shape index (κ3) is 4.86. The molecule has 144 valence electrons. The van der Waals surface area contributed by atoms with E-state index in [0.29, 0.717) is 6.04 Å². The lowest BCUT2D eigenvalue weighted by Crippen LogP contribution is -2.42. The molecule has 0 spiro atoms. The zero-order valence-electron chi connectivity index (χ0n) is 16.2. The third-order valence-corrected chi connectivity index (χ3v) is 5.73. The average molecular weight is 367 g/mol. The Hall–Kier alpha value is -2.40. The molecule has 1 fully saturated rings. The smallest absolute Gasteiger partial charge is 0.407 e. The summed E-state index contributed by atoms with van der Waals surface area (Å²) in [6, 6.07) is 11.4. The van der Waals surface area contributed by atoms with Crippen LogP contribution in [0.3, 0.4) is 0 Å². The fraction of sp³-hybridized carbons (Fsp3) is 0.455. The average Bonchev–Trinajstić information content (AvgIpc) is 2.72. The molecule has 1 aliphatic rings. The second kappa shape index (κ2) is 9.00. The predicted molar refractivity (Wildman–Crippen MR) is 108 cm³/mol. The number of nitrogens with zero attached hydrogens (tertiary/aromatic N) is 2. The number of hydrogen-bond donors (Lipinski definition) is 2. The molecule has 1 saturated carbocycles. The third-order valence-electron chi connectivity index (χ3n) is 5.73. The number of nitrogens with one attached hydrogen (secondary N) is 1. The van der Waals surface area contributed by atoms with Gasteiger partial charge in [0, 0.05) is 38.1 Å². The number of benzene rings is 1. The van der Waals surface area contributed by atoms with Crippen molar-refractivity contribution in [3.05, 3.63) is 53.9 Å². The van der Waals surface area contributed by atoms with Crippen LogP contribution in [0.2, 0.25) is 0 Å². The molecule has 5 nitrogen and oxygen atoms in total. The van der Waals surface area contributed by atoms with Crippen LogP contribution in [-0.4, -0.2) is 40.2 Å². The summed E-state index contributed by atoms with van der Waals surface area (Å²) < 4.78 is 0. The first-order valence-electron chi connectivity index (χ1n) is 9.79. The SMILES string of the molecule is CCc1ccc(-c2ccncc2)cc1CNC1CCC(N(C)C(=O)O)CC1. The maximum absolute atomic E-state index is 11.1. The zero-order chi connectivity index (χ0) is 19.2. The quantitative estimate of drug-likeness (QED) is 0.798. The molecule has 1 heterocycles. The van der Waals surface area contributed by atoms with Crippen LogP contribution in [0.5, 0.6) is 0 Å². The summed E-state index contributed by atoms with van der Waals surface area (Å²) in [5.41, 5.74) is 5.13. The van der Waals surface area contributed by atoms with E-state index in [-0.39, 0.29) is 6.04 Å².